The van der Waals surface area contributed by atoms with Crippen LogP contribution in [0.15, 0.2) is 71.7 Å². The Bertz CT molecular complexity index is 1330. The van der Waals surface area contributed by atoms with E-state index in [2.05, 4.69) is 126 Å². The van der Waals surface area contributed by atoms with Crippen LogP contribution in [-0.2, 0) is 16.2 Å². The minimum absolute atomic E-state index is 0.230. The van der Waals surface area contributed by atoms with E-state index in [1.165, 1.54) is 37.1 Å². The molecule has 0 aliphatic rings. The number of rotatable bonds is 0. The first-order valence-electron chi connectivity index (χ1n) is 12.2. The van der Waals surface area contributed by atoms with E-state index in [4.69, 9.17) is 0 Å². The molecule has 0 saturated carbocycles. The van der Waals surface area contributed by atoms with Gasteiger partial charge in [-0.15, -0.1) is 22.7 Å². The lowest BCUT2D eigenvalue weighted by Gasteiger charge is -2.19. The highest BCUT2D eigenvalue weighted by molar-refractivity contribution is 7.17. The lowest BCUT2D eigenvalue weighted by atomic mass is 9.85. The molecule has 0 spiro atoms. The van der Waals surface area contributed by atoms with Crippen LogP contribution in [0.3, 0.4) is 0 Å². The number of thiophene rings is 1. The van der Waals surface area contributed by atoms with Crippen LogP contribution in [0.4, 0.5) is 0 Å². The van der Waals surface area contributed by atoms with Crippen LogP contribution in [0.1, 0.15) is 78.4 Å². The second kappa shape index (κ2) is 10.7. The highest BCUT2D eigenvalue weighted by atomic mass is 32.1. The molecule has 0 radical (unpaired) electrons. The molecule has 0 aliphatic heterocycles. The van der Waals surface area contributed by atoms with Gasteiger partial charge < -0.3 is 4.98 Å². The number of hydrogen-bond donors (Lipinski definition) is 1. The molecule has 0 atom stereocenters. The predicted molar refractivity (Wildman–Crippen MR) is 158 cm³/mol. The summed E-state index contributed by atoms with van der Waals surface area (Å²) >= 11 is 3.54. The van der Waals surface area contributed by atoms with Gasteiger partial charge in [0.15, 0.2) is 0 Å². The van der Waals surface area contributed by atoms with Gasteiger partial charge in [0.25, 0.3) is 0 Å². The molecule has 0 aliphatic carbocycles. The summed E-state index contributed by atoms with van der Waals surface area (Å²) in [5, 5.41) is 8.11. The topological polar surface area (TPSA) is 28.7 Å². The third-order valence-corrected chi connectivity index (χ3v) is 7.88. The van der Waals surface area contributed by atoms with Crippen molar-refractivity contribution in [2.45, 2.75) is 78.6 Å². The number of hydrogen-bond acceptors (Lipinski definition) is 3. The van der Waals surface area contributed by atoms with Crippen molar-refractivity contribution >= 4 is 43.7 Å². The van der Waals surface area contributed by atoms with Gasteiger partial charge in [-0.3, -0.25) is 0 Å². The zero-order valence-corrected chi connectivity index (χ0v) is 24.3. The SMILES string of the molecule is CC(C)(C)c1ccc2[nH]ccc2c1.CC(C)(C)c1cccc2sccc12.CC(C)(C)c1nccs1. The number of benzene rings is 2. The van der Waals surface area contributed by atoms with Gasteiger partial charge in [-0.25, -0.2) is 4.98 Å². The fraction of sp³-hybridized carbons (Fsp3) is 0.387. The monoisotopic (exact) mass is 504 g/mol. The Morgan fingerprint density at radius 2 is 1.46 bits per heavy atom. The Labute approximate surface area is 219 Å². The van der Waals surface area contributed by atoms with Gasteiger partial charge in [0.2, 0.25) is 0 Å². The van der Waals surface area contributed by atoms with Crippen molar-refractivity contribution in [2.24, 2.45) is 0 Å². The van der Waals surface area contributed by atoms with E-state index >= 15 is 0 Å². The van der Waals surface area contributed by atoms with Crippen LogP contribution in [0.25, 0.3) is 21.0 Å². The normalized spacial score (nSPS) is 12.1. The zero-order valence-electron chi connectivity index (χ0n) is 22.7. The molecule has 186 valence electrons. The average Bonchev–Trinajstić information content (AvgIpc) is 3.53. The summed E-state index contributed by atoms with van der Waals surface area (Å²) in [7, 11) is 0. The van der Waals surface area contributed by atoms with Crippen molar-refractivity contribution in [3.63, 3.8) is 0 Å². The molecule has 5 aromatic rings. The second-order valence-electron chi connectivity index (χ2n) is 12.0. The standard InChI is InChI=1S/C12H15N.C12H14S.C7H11NS/c1-12(2,3)10-4-5-11-9(8-10)6-7-13-11;1-12(2,3)10-5-4-6-11-9(10)7-8-13-11;1-7(2,3)6-8-4-5-9-6/h4-8,13H,1-3H3;4-8H,1-3H3;4-5H,1-3H3. The molecule has 3 aromatic heterocycles. The van der Waals surface area contributed by atoms with Gasteiger partial charge in [0, 0.05) is 33.4 Å². The summed E-state index contributed by atoms with van der Waals surface area (Å²) < 4.78 is 1.40. The summed E-state index contributed by atoms with van der Waals surface area (Å²) in [6.07, 6.45) is 3.84. The van der Waals surface area contributed by atoms with Crippen LogP contribution in [0, 0.1) is 0 Å². The molecule has 2 nitrogen and oxygen atoms in total. The molecule has 0 saturated heterocycles. The zero-order chi connectivity index (χ0) is 25.9. The quantitative estimate of drug-likeness (QED) is 0.223. The molecule has 2 aromatic carbocycles. The summed E-state index contributed by atoms with van der Waals surface area (Å²) in [5.74, 6) is 0. The molecule has 0 bridgehead atoms. The maximum atomic E-state index is 4.21. The molecule has 4 heteroatoms. The summed E-state index contributed by atoms with van der Waals surface area (Å²) in [5.41, 5.74) is 4.78. The average molecular weight is 505 g/mol. The number of aromatic nitrogens is 2. The van der Waals surface area contributed by atoms with E-state index < -0.39 is 0 Å². The van der Waals surface area contributed by atoms with E-state index in [0.717, 1.165) is 0 Å². The van der Waals surface area contributed by atoms with Crippen LogP contribution in [0.2, 0.25) is 0 Å². The third kappa shape index (κ3) is 7.28. The van der Waals surface area contributed by atoms with Gasteiger partial charge in [-0.2, -0.15) is 0 Å². The Hall–Kier alpha value is -2.43. The second-order valence-corrected chi connectivity index (χ2v) is 13.8. The van der Waals surface area contributed by atoms with Crippen LogP contribution >= 0.6 is 22.7 Å². The molecular weight excluding hydrogens is 464 g/mol. The van der Waals surface area contributed by atoms with Crippen molar-refractivity contribution < 1.29 is 0 Å². The number of nitrogens with zero attached hydrogens (tertiary/aromatic N) is 1. The number of H-pyrrole nitrogens is 1. The first-order chi connectivity index (χ1) is 16.3. The molecule has 0 unspecified atom stereocenters. The fourth-order valence-corrected chi connectivity index (χ4v) is 5.30. The predicted octanol–water partition coefficient (Wildman–Crippen LogP) is 10.1. The Kier molecular flexibility index (Phi) is 8.28. The van der Waals surface area contributed by atoms with Crippen LogP contribution in [-0.4, -0.2) is 9.97 Å². The van der Waals surface area contributed by atoms with Crippen LogP contribution < -0.4 is 0 Å². The maximum absolute atomic E-state index is 4.21. The number of aromatic amines is 1. The van der Waals surface area contributed by atoms with Crippen molar-refractivity contribution in [1.29, 1.82) is 0 Å². The highest BCUT2D eigenvalue weighted by Gasteiger charge is 2.17. The smallest absolute Gasteiger partial charge is 0.0978 e. The van der Waals surface area contributed by atoms with Gasteiger partial charge in [0.05, 0.1) is 5.01 Å². The van der Waals surface area contributed by atoms with Crippen molar-refractivity contribution in [3.8, 4) is 0 Å². The van der Waals surface area contributed by atoms with Gasteiger partial charge >= 0.3 is 0 Å². The van der Waals surface area contributed by atoms with Gasteiger partial charge in [-0.05, 0) is 68.4 Å². The molecule has 1 N–H and O–H groups in total. The third-order valence-electron chi connectivity index (χ3n) is 5.80. The molecule has 5 rings (SSSR count). The van der Waals surface area contributed by atoms with Crippen molar-refractivity contribution in [1.82, 2.24) is 9.97 Å². The Morgan fingerprint density at radius 1 is 0.714 bits per heavy atom. The van der Waals surface area contributed by atoms with E-state index in [0.29, 0.717) is 0 Å². The Balaban J connectivity index is 0.000000150. The number of fused-ring (bicyclic) bond motifs is 2. The molecule has 35 heavy (non-hydrogen) atoms. The van der Waals surface area contributed by atoms with E-state index in [1.807, 2.05) is 29.1 Å². The van der Waals surface area contributed by atoms with Gasteiger partial charge in [-0.1, -0.05) is 80.5 Å². The molecular formula is C31H40N2S2. The maximum Gasteiger partial charge on any atom is 0.0978 e. The molecule has 0 amide bonds. The number of nitrogens with one attached hydrogen (secondary N) is 1. The number of thiazole rings is 1. The van der Waals surface area contributed by atoms with E-state index in [-0.39, 0.29) is 16.2 Å². The van der Waals surface area contributed by atoms with Gasteiger partial charge in [0.1, 0.15) is 0 Å². The highest BCUT2D eigenvalue weighted by Crippen LogP contribution is 2.32. The van der Waals surface area contributed by atoms with Crippen LogP contribution in [0.5, 0.6) is 0 Å². The van der Waals surface area contributed by atoms with Crippen molar-refractivity contribution in [3.05, 3.63) is 87.8 Å². The lowest BCUT2D eigenvalue weighted by molar-refractivity contribution is 0.585. The summed E-state index contributed by atoms with van der Waals surface area (Å²) in [6.45, 7) is 20.0. The first kappa shape index (κ1) is 27.2. The largest absolute Gasteiger partial charge is 0.361 e. The lowest BCUT2D eigenvalue weighted by Crippen LogP contribution is -2.10. The Morgan fingerprint density at radius 3 is 2.03 bits per heavy atom. The van der Waals surface area contributed by atoms with E-state index in [9.17, 15) is 0 Å². The molecule has 3 heterocycles. The summed E-state index contributed by atoms with van der Waals surface area (Å²) in [6, 6.07) is 17.5. The minimum atomic E-state index is 0.230. The minimum Gasteiger partial charge on any atom is -0.361 e. The summed E-state index contributed by atoms with van der Waals surface area (Å²) in [4.78, 5) is 7.40. The van der Waals surface area contributed by atoms with E-state index in [1.54, 1.807) is 11.3 Å². The molecule has 0 fully saturated rings. The van der Waals surface area contributed by atoms with Crippen molar-refractivity contribution in [2.75, 3.05) is 0 Å². The fourth-order valence-electron chi connectivity index (χ4n) is 3.76. The first-order valence-corrected chi connectivity index (χ1v) is 14.0.